The van der Waals surface area contributed by atoms with Gasteiger partial charge < -0.3 is 33.2 Å². The van der Waals surface area contributed by atoms with Crippen LogP contribution in [0, 0.1) is 17.0 Å². The highest BCUT2D eigenvalue weighted by Crippen LogP contribution is 2.42. The molecule has 1 saturated heterocycles. The highest BCUT2D eigenvalue weighted by Gasteiger charge is 2.53. The lowest BCUT2D eigenvalue weighted by Crippen LogP contribution is -2.60. The minimum absolute atomic E-state index is 0.00268. The van der Waals surface area contributed by atoms with Crippen molar-refractivity contribution in [3.8, 4) is 5.88 Å². The fourth-order valence-corrected chi connectivity index (χ4v) is 6.39. The van der Waals surface area contributed by atoms with E-state index in [4.69, 9.17) is 33.2 Å². The first kappa shape index (κ1) is 40.7. The minimum atomic E-state index is -1.48. The summed E-state index contributed by atoms with van der Waals surface area (Å²) in [5.74, 6) is -4.79. The van der Waals surface area contributed by atoms with Gasteiger partial charge in [-0.05, 0) is 26.3 Å². The molecule has 2 aliphatic heterocycles. The van der Waals surface area contributed by atoms with Crippen molar-refractivity contribution in [1.29, 1.82) is 0 Å². The molecule has 2 aromatic heterocycles. The number of hydrogen-bond donors (Lipinski definition) is 0. The second-order valence-corrected chi connectivity index (χ2v) is 12.6. The number of non-ortho nitro benzene ring substituents is 1. The molecule has 5 rings (SSSR count). The normalized spacial score (nSPS) is 21.6. The quantitative estimate of drug-likeness (QED) is 0.110. The Labute approximate surface area is 317 Å². The van der Waals surface area contributed by atoms with E-state index >= 15 is 0 Å². The zero-order valence-corrected chi connectivity index (χ0v) is 31.3. The maximum Gasteiger partial charge on any atom is 0.338 e. The van der Waals surface area contributed by atoms with Gasteiger partial charge in [0.15, 0.2) is 24.5 Å². The summed E-state index contributed by atoms with van der Waals surface area (Å²) in [6.07, 6.45) is -5.65. The molecule has 0 N–H and O–H groups in total. The van der Waals surface area contributed by atoms with Gasteiger partial charge in [0, 0.05) is 39.8 Å². The van der Waals surface area contributed by atoms with Gasteiger partial charge in [0.05, 0.1) is 41.3 Å². The van der Waals surface area contributed by atoms with Gasteiger partial charge >= 0.3 is 29.8 Å². The van der Waals surface area contributed by atoms with Crippen LogP contribution in [0.2, 0.25) is 0 Å². The summed E-state index contributed by atoms with van der Waals surface area (Å²) in [6.45, 7) is 8.37. The third-order valence-electron chi connectivity index (χ3n) is 8.60. The maximum absolute atomic E-state index is 14.4. The monoisotopic (exact) mass is 782 g/mol. The molecule has 21 nitrogen and oxygen atoms in total. The number of carbonyl (C=O) groups excluding carboxylic acids is 5. The first-order chi connectivity index (χ1) is 26.5. The topological polar surface area (TPSA) is 259 Å². The average molecular weight is 783 g/mol. The molecule has 0 radical (unpaired) electrons. The first-order valence-corrected chi connectivity index (χ1v) is 17.1. The van der Waals surface area contributed by atoms with E-state index in [-0.39, 0.29) is 53.1 Å². The predicted octanol–water partition coefficient (Wildman–Crippen LogP) is 1.72. The van der Waals surface area contributed by atoms with Crippen LogP contribution in [0.1, 0.15) is 76.3 Å². The van der Waals surface area contributed by atoms with E-state index in [1.807, 2.05) is 0 Å². The van der Waals surface area contributed by atoms with Gasteiger partial charge in [0.25, 0.3) is 11.2 Å². The zero-order chi connectivity index (χ0) is 41.0. The van der Waals surface area contributed by atoms with Crippen LogP contribution < -0.4 is 10.3 Å². The van der Waals surface area contributed by atoms with Crippen LogP contribution >= 0.6 is 0 Å². The van der Waals surface area contributed by atoms with Gasteiger partial charge in [0.2, 0.25) is 5.88 Å². The fourth-order valence-electron chi connectivity index (χ4n) is 6.39. The number of nitrogens with zero attached hydrogens (tertiary/aromatic N) is 6. The van der Waals surface area contributed by atoms with Crippen molar-refractivity contribution in [3.63, 3.8) is 0 Å². The minimum Gasteiger partial charge on any atom is -0.463 e. The molecule has 0 aliphatic carbocycles. The van der Waals surface area contributed by atoms with E-state index < -0.39 is 83.5 Å². The van der Waals surface area contributed by atoms with Crippen molar-refractivity contribution in [2.24, 2.45) is 0 Å². The number of rotatable bonds is 12. The van der Waals surface area contributed by atoms with Crippen molar-refractivity contribution in [2.75, 3.05) is 13.2 Å². The Kier molecular flexibility index (Phi) is 12.3. The molecule has 2 aliphatic rings. The Bertz CT molecular complexity index is 2140. The molecule has 0 amide bonds. The molecule has 4 heterocycles. The summed E-state index contributed by atoms with van der Waals surface area (Å²) in [4.78, 5) is 91.5. The lowest BCUT2D eigenvalue weighted by molar-refractivity contribution is -0.384. The summed E-state index contributed by atoms with van der Waals surface area (Å²) >= 11 is 0. The van der Waals surface area contributed by atoms with Crippen molar-refractivity contribution < 1.29 is 62.1 Å². The van der Waals surface area contributed by atoms with Crippen LogP contribution in [0.25, 0.3) is 0 Å². The second-order valence-electron chi connectivity index (χ2n) is 12.6. The third kappa shape index (κ3) is 8.72. The van der Waals surface area contributed by atoms with Crippen LogP contribution in [-0.2, 0) is 58.9 Å². The smallest absolute Gasteiger partial charge is 0.338 e. The summed E-state index contributed by atoms with van der Waals surface area (Å²) in [5.41, 5.74) is -0.412. The Morgan fingerprint density at radius 3 is 2.11 bits per heavy atom. The van der Waals surface area contributed by atoms with E-state index in [1.165, 1.54) is 48.9 Å². The standard InChI is InChI=1S/C35H38N6O15/c1-8-50-35(47)26-16(2)52-32-28(27(26)22-9-11-24(12-10-22)41(48)49)33(46)39(17(3)36-32)13-23-14-40(38-37-23)34-31(55-21(7)45)30(54-20(6)44)29(53-19(5)43)25(56-34)15-51-18(4)42/h9-12,14,25,27,29-31,34H,8,13,15H2,1-7H3/t25-,27?,29-,30+,31-,34-/m1/s1. The number of nitro groups is 1. The molecule has 0 bridgehead atoms. The third-order valence-corrected chi connectivity index (χ3v) is 8.60. The maximum atomic E-state index is 14.4. The SMILES string of the molecule is CCOC(=O)C1=C(C)Oc2nc(C)n(Cc3cn([C@@H]4O[C@H](COC(C)=O)[C@@H](OC(C)=O)[C@H](OC(C)=O)[C@H]4OC(C)=O)nn3)c(=O)c2C1c1ccc([N+](=O)[O-])cc1. The van der Waals surface area contributed by atoms with E-state index in [9.17, 15) is 38.9 Å². The highest BCUT2D eigenvalue weighted by atomic mass is 16.7. The molecular weight excluding hydrogens is 744 g/mol. The van der Waals surface area contributed by atoms with E-state index in [0.29, 0.717) is 5.56 Å². The molecule has 56 heavy (non-hydrogen) atoms. The lowest BCUT2D eigenvalue weighted by Gasteiger charge is -2.44. The molecule has 21 heteroatoms. The molecule has 0 saturated carbocycles. The van der Waals surface area contributed by atoms with E-state index in [0.717, 1.165) is 32.4 Å². The van der Waals surface area contributed by atoms with Crippen LogP contribution in [0.3, 0.4) is 0 Å². The van der Waals surface area contributed by atoms with Crippen molar-refractivity contribution in [1.82, 2.24) is 24.5 Å². The van der Waals surface area contributed by atoms with Gasteiger partial charge in [-0.25, -0.2) is 9.48 Å². The number of fused-ring (bicyclic) bond motifs is 1. The summed E-state index contributed by atoms with van der Waals surface area (Å²) < 4.78 is 41.3. The Morgan fingerprint density at radius 1 is 0.893 bits per heavy atom. The van der Waals surface area contributed by atoms with Crippen molar-refractivity contribution in [2.45, 2.75) is 91.6 Å². The Morgan fingerprint density at radius 2 is 1.52 bits per heavy atom. The number of allylic oxidation sites excluding steroid dienone is 1. The average Bonchev–Trinajstić information content (AvgIpc) is 3.58. The molecule has 0 spiro atoms. The molecule has 3 aromatic rings. The van der Waals surface area contributed by atoms with Crippen molar-refractivity contribution in [3.05, 3.63) is 84.9 Å². The van der Waals surface area contributed by atoms with Crippen LogP contribution in [0.4, 0.5) is 5.69 Å². The lowest BCUT2D eigenvalue weighted by atomic mass is 9.83. The number of benzene rings is 1. The predicted molar refractivity (Wildman–Crippen MR) is 184 cm³/mol. The highest BCUT2D eigenvalue weighted by molar-refractivity contribution is 5.92. The summed E-state index contributed by atoms with van der Waals surface area (Å²) in [5, 5.41) is 19.7. The van der Waals surface area contributed by atoms with Gasteiger partial charge in [-0.1, -0.05) is 17.3 Å². The Hall–Kier alpha value is -6.51. The number of nitro benzene ring substituents is 1. The number of aromatic nitrogens is 5. The number of hydrogen-bond acceptors (Lipinski definition) is 18. The van der Waals surface area contributed by atoms with Gasteiger partial charge in [-0.3, -0.25) is 38.7 Å². The number of aryl methyl sites for hydroxylation is 1. The van der Waals surface area contributed by atoms with Gasteiger partial charge in [0.1, 0.15) is 30.0 Å². The fraction of sp³-hybridized carbons (Fsp3) is 0.457. The number of esters is 5. The molecule has 1 unspecified atom stereocenters. The van der Waals surface area contributed by atoms with Crippen molar-refractivity contribution >= 4 is 35.5 Å². The second kappa shape index (κ2) is 16.9. The largest absolute Gasteiger partial charge is 0.463 e. The zero-order valence-electron chi connectivity index (χ0n) is 31.3. The number of carbonyl (C=O) groups is 5. The van der Waals surface area contributed by atoms with Crippen LogP contribution in [-0.4, -0.2) is 96.9 Å². The molecule has 1 fully saturated rings. The molecule has 6 atom stereocenters. The number of ether oxygens (including phenoxy) is 7. The summed E-state index contributed by atoms with van der Waals surface area (Å²) in [7, 11) is 0. The van der Waals surface area contributed by atoms with Gasteiger partial charge in [-0.2, -0.15) is 4.98 Å². The van der Waals surface area contributed by atoms with Crippen LogP contribution in [0.15, 0.2) is 46.6 Å². The Balaban J connectivity index is 1.57. The van der Waals surface area contributed by atoms with Crippen LogP contribution in [0.5, 0.6) is 5.88 Å². The molecular formula is C35H38N6O15. The van der Waals surface area contributed by atoms with E-state index in [2.05, 4.69) is 15.3 Å². The first-order valence-electron chi connectivity index (χ1n) is 17.1. The molecule has 1 aromatic carbocycles. The molecule has 298 valence electrons. The van der Waals surface area contributed by atoms with E-state index in [1.54, 1.807) is 6.92 Å². The summed E-state index contributed by atoms with van der Waals surface area (Å²) in [6, 6.07) is 5.34. The van der Waals surface area contributed by atoms with Gasteiger partial charge in [-0.15, -0.1) is 5.10 Å².